The third-order valence-electron chi connectivity index (χ3n) is 5.72. The summed E-state index contributed by atoms with van der Waals surface area (Å²) in [5.41, 5.74) is -3.17. The van der Waals surface area contributed by atoms with Gasteiger partial charge in [0.25, 0.3) is 5.91 Å². The number of carbonyl (C=O) groups is 3. The zero-order chi connectivity index (χ0) is 30.4. The minimum absolute atomic E-state index is 0.174. The predicted molar refractivity (Wildman–Crippen MR) is 137 cm³/mol. The maximum atomic E-state index is 15.9. The van der Waals surface area contributed by atoms with E-state index in [-0.39, 0.29) is 24.2 Å². The third-order valence-corrected chi connectivity index (χ3v) is 7.10. The fraction of sp³-hybridized carbons (Fsp3) is 0.625. The summed E-state index contributed by atoms with van der Waals surface area (Å²) < 4.78 is 79.6. The standard InChI is InChI=1S/C24H33F3N4O8S/c1-23(2,3)38-21(34)29(8-7-17(25)26)11-13-9-14-15(31(13)22(35)39-24(4,5)6)10-16(32)20(19(14)27)30-12-18(33)28-40(30,36)37/h10,13,17,32H,7-9,11-12H2,1-6H3,(H,28,33)/t13-/m1/s1. The number of halogens is 3. The number of hydrogen-bond donors (Lipinski definition) is 2. The monoisotopic (exact) mass is 594 g/mol. The maximum absolute atomic E-state index is 15.9. The average molecular weight is 595 g/mol. The van der Waals surface area contributed by atoms with E-state index in [0.717, 1.165) is 15.9 Å². The molecule has 3 rings (SSSR count). The molecule has 1 saturated heterocycles. The van der Waals surface area contributed by atoms with Crippen LogP contribution in [0.2, 0.25) is 0 Å². The number of nitrogens with one attached hydrogen (secondary N) is 1. The van der Waals surface area contributed by atoms with Crippen LogP contribution in [0.1, 0.15) is 53.5 Å². The van der Waals surface area contributed by atoms with Crippen LogP contribution in [-0.4, -0.2) is 79.8 Å². The van der Waals surface area contributed by atoms with Crippen LogP contribution in [-0.2, 0) is 30.9 Å². The molecule has 16 heteroatoms. The van der Waals surface area contributed by atoms with Crippen molar-refractivity contribution in [3.63, 3.8) is 0 Å². The normalized spacial score (nSPS) is 18.6. The van der Waals surface area contributed by atoms with E-state index in [1.54, 1.807) is 46.3 Å². The Morgan fingerprint density at radius 3 is 2.27 bits per heavy atom. The minimum Gasteiger partial charge on any atom is -0.506 e. The van der Waals surface area contributed by atoms with Gasteiger partial charge >= 0.3 is 22.4 Å². The fourth-order valence-corrected chi connectivity index (χ4v) is 5.43. The number of phenols is 1. The largest absolute Gasteiger partial charge is 0.506 e. The van der Waals surface area contributed by atoms with Crippen molar-refractivity contribution in [3.8, 4) is 5.75 Å². The lowest BCUT2D eigenvalue weighted by molar-refractivity contribution is -0.117. The van der Waals surface area contributed by atoms with Crippen molar-refractivity contribution in [2.75, 3.05) is 28.8 Å². The molecule has 1 fully saturated rings. The van der Waals surface area contributed by atoms with Crippen LogP contribution in [0.4, 0.5) is 34.1 Å². The molecule has 3 amide bonds. The van der Waals surface area contributed by atoms with Crippen LogP contribution in [0.15, 0.2) is 6.07 Å². The molecule has 1 aromatic carbocycles. The van der Waals surface area contributed by atoms with Gasteiger partial charge < -0.3 is 19.5 Å². The number of rotatable bonds is 6. The molecular weight excluding hydrogens is 561 g/mol. The first-order valence-electron chi connectivity index (χ1n) is 12.4. The molecule has 0 saturated carbocycles. The van der Waals surface area contributed by atoms with Gasteiger partial charge in [-0.15, -0.1) is 0 Å². The van der Waals surface area contributed by atoms with E-state index in [1.807, 2.05) is 0 Å². The molecule has 12 nitrogen and oxygen atoms in total. The number of alkyl halides is 2. The lowest BCUT2D eigenvalue weighted by Gasteiger charge is -2.33. The summed E-state index contributed by atoms with van der Waals surface area (Å²) in [4.78, 5) is 39.8. The number of anilines is 2. The lowest BCUT2D eigenvalue weighted by atomic mass is 10.1. The van der Waals surface area contributed by atoms with E-state index in [9.17, 15) is 36.7 Å². The van der Waals surface area contributed by atoms with E-state index in [0.29, 0.717) is 4.31 Å². The second kappa shape index (κ2) is 10.9. The molecule has 40 heavy (non-hydrogen) atoms. The highest BCUT2D eigenvalue weighted by Gasteiger charge is 2.44. The van der Waals surface area contributed by atoms with E-state index >= 15 is 4.39 Å². The maximum Gasteiger partial charge on any atom is 0.415 e. The first-order valence-corrected chi connectivity index (χ1v) is 13.8. The number of benzene rings is 1. The van der Waals surface area contributed by atoms with Gasteiger partial charge in [-0.05, 0) is 41.5 Å². The fourth-order valence-electron chi connectivity index (χ4n) is 4.26. The number of amides is 3. The van der Waals surface area contributed by atoms with Crippen LogP contribution < -0.4 is 13.9 Å². The van der Waals surface area contributed by atoms with Crippen LogP contribution in [0.3, 0.4) is 0 Å². The summed E-state index contributed by atoms with van der Waals surface area (Å²) in [5.74, 6) is -3.05. The van der Waals surface area contributed by atoms with Crippen molar-refractivity contribution in [2.45, 2.75) is 78.1 Å². The molecule has 1 aromatic rings. The van der Waals surface area contributed by atoms with Gasteiger partial charge in [0.2, 0.25) is 6.43 Å². The lowest BCUT2D eigenvalue weighted by Crippen LogP contribution is -2.49. The number of fused-ring (bicyclic) bond motifs is 1. The van der Waals surface area contributed by atoms with Crippen LogP contribution in [0, 0.1) is 5.82 Å². The van der Waals surface area contributed by atoms with Gasteiger partial charge in [-0.25, -0.2) is 31.8 Å². The van der Waals surface area contributed by atoms with E-state index < -0.39 is 88.7 Å². The van der Waals surface area contributed by atoms with Crippen molar-refractivity contribution >= 4 is 39.7 Å². The van der Waals surface area contributed by atoms with Crippen molar-refractivity contribution in [2.24, 2.45) is 0 Å². The highest BCUT2D eigenvalue weighted by atomic mass is 32.2. The Hall–Kier alpha value is -3.43. The van der Waals surface area contributed by atoms with Gasteiger partial charge in [0.1, 0.15) is 29.2 Å². The molecule has 2 N–H and O–H groups in total. The van der Waals surface area contributed by atoms with E-state index in [2.05, 4.69) is 0 Å². The van der Waals surface area contributed by atoms with E-state index in [1.165, 1.54) is 0 Å². The first kappa shape index (κ1) is 31.1. The Bertz CT molecular complexity index is 1290. The smallest absolute Gasteiger partial charge is 0.415 e. The summed E-state index contributed by atoms with van der Waals surface area (Å²) in [6, 6.07) is -0.124. The molecule has 2 aliphatic heterocycles. The highest BCUT2D eigenvalue weighted by molar-refractivity contribution is 7.92. The Balaban J connectivity index is 2.07. The number of nitrogens with zero attached hydrogens (tertiary/aromatic N) is 3. The Kier molecular flexibility index (Phi) is 8.44. The van der Waals surface area contributed by atoms with Gasteiger partial charge in [0.15, 0.2) is 5.82 Å². The average Bonchev–Trinajstić information content (AvgIpc) is 3.23. The molecule has 0 radical (unpaired) electrons. The van der Waals surface area contributed by atoms with Gasteiger partial charge in [-0.2, -0.15) is 8.42 Å². The van der Waals surface area contributed by atoms with Crippen molar-refractivity contribution in [3.05, 3.63) is 17.4 Å². The van der Waals surface area contributed by atoms with Crippen LogP contribution in [0.5, 0.6) is 5.75 Å². The summed E-state index contributed by atoms with van der Waals surface area (Å²) >= 11 is 0. The summed E-state index contributed by atoms with van der Waals surface area (Å²) in [6.07, 6.45) is -5.67. The number of aromatic hydroxyl groups is 1. The number of phenolic OH excluding ortho intramolecular Hbond substituents is 1. The Labute approximate surface area is 230 Å². The molecule has 0 bridgehead atoms. The molecular formula is C24H33F3N4O8S. The van der Waals surface area contributed by atoms with Gasteiger partial charge in [-0.1, -0.05) is 0 Å². The molecule has 0 aromatic heterocycles. The molecule has 2 heterocycles. The molecule has 224 valence electrons. The molecule has 2 aliphatic rings. The van der Waals surface area contributed by atoms with Gasteiger partial charge in [0.05, 0.1) is 11.7 Å². The molecule has 1 atom stereocenters. The number of hydrogen-bond acceptors (Lipinski definition) is 8. The number of carbonyl (C=O) groups excluding carboxylic acids is 3. The Morgan fingerprint density at radius 2 is 1.77 bits per heavy atom. The van der Waals surface area contributed by atoms with Crippen LogP contribution in [0.25, 0.3) is 0 Å². The molecule has 0 aliphatic carbocycles. The summed E-state index contributed by atoms with van der Waals surface area (Å²) in [5, 5.41) is 10.7. The first-order chi connectivity index (χ1) is 18.2. The minimum atomic E-state index is -4.49. The summed E-state index contributed by atoms with van der Waals surface area (Å²) in [7, 11) is -4.49. The molecule has 0 spiro atoms. The molecule has 0 unspecified atom stereocenters. The third kappa shape index (κ3) is 7.01. The zero-order valence-corrected chi connectivity index (χ0v) is 23.8. The van der Waals surface area contributed by atoms with Gasteiger partial charge in [0, 0.05) is 37.6 Å². The van der Waals surface area contributed by atoms with Crippen LogP contribution >= 0.6 is 0 Å². The predicted octanol–water partition coefficient (Wildman–Crippen LogP) is 3.27. The van der Waals surface area contributed by atoms with Crippen molar-refractivity contribution < 1.29 is 50.6 Å². The Morgan fingerprint density at radius 1 is 1.18 bits per heavy atom. The second-order valence-corrected chi connectivity index (χ2v) is 13.0. The summed E-state index contributed by atoms with van der Waals surface area (Å²) in [6.45, 7) is 7.88. The van der Waals surface area contributed by atoms with Crippen molar-refractivity contribution in [1.82, 2.24) is 9.62 Å². The van der Waals surface area contributed by atoms with Crippen molar-refractivity contribution in [1.29, 1.82) is 0 Å². The number of ether oxygens (including phenoxy) is 2. The zero-order valence-electron chi connectivity index (χ0n) is 23.0. The second-order valence-electron chi connectivity index (χ2n) is 11.4. The topological polar surface area (TPSA) is 146 Å². The quantitative estimate of drug-likeness (QED) is 0.511. The van der Waals surface area contributed by atoms with E-state index in [4.69, 9.17) is 9.47 Å². The van der Waals surface area contributed by atoms with Gasteiger partial charge in [-0.3, -0.25) is 9.69 Å². The SMILES string of the molecule is CC(C)(C)OC(=O)N(CCC(F)F)C[C@H]1Cc2c(cc(O)c(N3CC(=O)NS3(=O)=O)c2F)N1C(=O)OC(C)(C)C. The highest BCUT2D eigenvalue weighted by Crippen LogP contribution is 2.45.